The molecule has 2 aromatic heterocycles. The monoisotopic (exact) mass is 742 g/mol. The average molecular weight is 743 g/mol. The number of fused-ring (bicyclic) bond motifs is 5. The number of anilines is 3. The summed E-state index contributed by atoms with van der Waals surface area (Å²) in [6.07, 6.45) is 0. The van der Waals surface area contributed by atoms with Crippen molar-refractivity contribution in [1.29, 1.82) is 0 Å². The number of para-hydroxylation sites is 2. The van der Waals surface area contributed by atoms with Gasteiger partial charge in [0.1, 0.15) is 11.2 Å². The summed E-state index contributed by atoms with van der Waals surface area (Å²) in [5.74, 6) is 1.75. The molecule has 0 fully saturated rings. The molecular weight excluding hydrogens is 709 g/mol. The fourth-order valence-electron chi connectivity index (χ4n) is 8.01. The van der Waals surface area contributed by atoms with Gasteiger partial charge in [0, 0.05) is 44.9 Å². The van der Waals surface area contributed by atoms with Crippen LogP contribution < -0.4 is 4.90 Å². The molecule has 0 spiro atoms. The summed E-state index contributed by atoms with van der Waals surface area (Å²) in [7, 11) is 0. The van der Waals surface area contributed by atoms with E-state index in [0.717, 1.165) is 77.6 Å². The van der Waals surface area contributed by atoms with Crippen LogP contribution in [0.4, 0.5) is 17.1 Å². The number of hydrogen-bond acceptors (Lipinski definition) is 5. The van der Waals surface area contributed by atoms with E-state index in [1.165, 1.54) is 10.8 Å². The number of aromatic nitrogens is 3. The lowest BCUT2D eigenvalue weighted by molar-refractivity contribution is 0.669. The van der Waals surface area contributed by atoms with Crippen molar-refractivity contribution < 1.29 is 4.42 Å². The van der Waals surface area contributed by atoms with Crippen LogP contribution in [0.25, 0.3) is 88.8 Å². The predicted octanol–water partition coefficient (Wildman–Crippen LogP) is 14.2. The van der Waals surface area contributed by atoms with Gasteiger partial charge in [-0.1, -0.05) is 152 Å². The number of furan rings is 1. The van der Waals surface area contributed by atoms with Gasteiger partial charge in [-0.2, -0.15) is 0 Å². The third-order valence-electron chi connectivity index (χ3n) is 10.8. The third-order valence-corrected chi connectivity index (χ3v) is 10.8. The molecule has 5 nitrogen and oxygen atoms in total. The van der Waals surface area contributed by atoms with Gasteiger partial charge >= 0.3 is 0 Å². The fraction of sp³-hybridized carbons (Fsp3) is 0. The molecule has 11 aromatic rings. The Bertz CT molecular complexity index is 3230. The van der Waals surface area contributed by atoms with Crippen LogP contribution in [0, 0.1) is 0 Å². The van der Waals surface area contributed by atoms with E-state index in [4.69, 9.17) is 19.4 Å². The first-order valence-electron chi connectivity index (χ1n) is 19.4. The molecule has 58 heavy (non-hydrogen) atoms. The Hall–Kier alpha value is -7.89. The molecule has 9 aromatic carbocycles. The molecule has 272 valence electrons. The summed E-state index contributed by atoms with van der Waals surface area (Å²) < 4.78 is 6.80. The van der Waals surface area contributed by atoms with Gasteiger partial charge in [-0.3, -0.25) is 0 Å². The highest BCUT2D eigenvalue weighted by Gasteiger charge is 2.23. The van der Waals surface area contributed by atoms with Crippen LogP contribution in [0.15, 0.2) is 211 Å². The molecule has 0 aliphatic rings. The highest BCUT2D eigenvalue weighted by atomic mass is 16.3. The van der Waals surface area contributed by atoms with Gasteiger partial charge in [0.15, 0.2) is 17.5 Å². The van der Waals surface area contributed by atoms with Gasteiger partial charge in [-0.25, -0.2) is 15.0 Å². The maximum Gasteiger partial charge on any atom is 0.164 e. The van der Waals surface area contributed by atoms with Gasteiger partial charge in [0.2, 0.25) is 0 Å². The smallest absolute Gasteiger partial charge is 0.164 e. The Morgan fingerprint density at radius 3 is 1.48 bits per heavy atom. The molecule has 5 heteroatoms. The lowest BCUT2D eigenvalue weighted by atomic mass is 10.00. The average Bonchev–Trinajstić information content (AvgIpc) is 3.66. The van der Waals surface area contributed by atoms with Gasteiger partial charge < -0.3 is 9.32 Å². The Labute approximate surface area is 335 Å². The zero-order valence-corrected chi connectivity index (χ0v) is 31.3. The van der Waals surface area contributed by atoms with Crippen molar-refractivity contribution in [3.63, 3.8) is 0 Å². The van der Waals surface area contributed by atoms with Gasteiger partial charge in [0.25, 0.3) is 0 Å². The Morgan fingerprint density at radius 2 is 0.828 bits per heavy atom. The molecule has 2 heterocycles. The van der Waals surface area contributed by atoms with Crippen LogP contribution in [0.2, 0.25) is 0 Å². The van der Waals surface area contributed by atoms with E-state index in [9.17, 15) is 0 Å². The number of hydrogen-bond donors (Lipinski definition) is 0. The SMILES string of the molecule is c1ccc(-c2nc(-c3ccc(-c4ccc5ccccc5c4)cc3)nc(-c3cc(N(c4ccccc4)c4ccccc4)cc4oc5cc6ccccc6cc5c34)n2)cc1. The number of rotatable bonds is 7. The first kappa shape index (κ1) is 33.4. The Kier molecular flexibility index (Phi) is 8.07. The van der Waals surface area contributed by atoms with E-state index in [0.29, 0.717) is 17.5 Å². The van der Waals surface area contributed by atoms with Crippen molar-refractivity contribution in [1.82, 2.24) is 15.0 Å². The van der Waals surface area contributed by atoms with Gasteiger partial charge in [-0.05, 0) is 81.2 Å². The summed E-state index contributed by atoms with van der Waals surface area (Å²) >= 11 is 0. The highest BCUT2D eigenvalue weighted by molar-refractivity contribution is 6.16. The minimum atomic E-state index is 0.561. The Morgan fingerprint density at radius 1 is 0.328 bits per heavy atom. The molecule has 0 bridgehead atoms. The summed E-state index contributed by atoms with van der Waals surface area (Å²) in [5.41, 5.74) is 9.46. The minimum absolute atomic E-state index is 0.561. The zero-order valence-electron chi connectivity index (χ0n) is 31.3. The van der Waals surface area contributed by atoms with E-state index >= 15 is 0 Å². The molecule has 0 N–H and O–H groups in total. The lowest BCUT2D eigenvalue weighted by Crippen LogP contribution is -2.10. The van der Waals surface area contributed by atoms with Crippen LogP contribution in [-0.4, -0.2) is 15.0 Å². The first-order chi connectivity index (χ1) is 28.7. The maximum atomic E-state index is 6.80. The second-order valence-corrected chi connectivity index (χ2v) is 14.5. The highest BCUT2D eigenvalue weighted by Crippen LogP contribution is 2.44. The second-order valence-electron chi connectivity index (χ2n) is 14.5. The van der Waals surface area contributed by atoms with E-state index in [1.54, 1.807) is 0 Å². The summed E-state index contributed by atoms with van der Waals surface area (Å²) in [5, 5.41) is 6.65. The number of nitrogens with zero attached hydrogens (tertiary/aromatic N) is 4. The predicted molar refractivity (Wildman–Crippen MR) is 239 cm³/mol. The largest absolute Gasteiger partial charge is 0.456 e. The molecule has 0 unspecified atom stereocenters. The molecule has 0 amide bonds. The molecule has 11 rings (SSSR count). The van der Waals surface area contributed by atoms with Crippen molar-refractivity contribution in [3.8, 4) is 45.3 Å². The Balaban J connectivity index is 1.15. The van der Waals surface area contributed by atoms with E-state index in [-0.39, 0.29) is 0 Å². The van der Waals surface area contributed by atoms with Crippen molar-refractivity contribution >= 4 is 60.5 Å². The fourth-order valence-corrected chi connectivity index (χ4v) is 8.01. The van der Waals surface area contributed by atoms with Crippen molar-refractivity contribution in [2.45, 2.75) is 0 Å². The van der Waals surface area contributed by atoms with Gasteiger partial charge in [-0.15, -0.1) is 0 Å². The second kappa shape index (κ2) is 14.0. The molecule has 0 aliphatic carbocycles. The zero-order chi connectivity index (χ0) is 38.4. The maximum absolute atomic E-state index is 6.80. The molecule has 0 aliphatic heterocycles. The van der Waals surface area contributed by atoms with Gasteiger partial charge in [0.05, 0.1) is 5.69 Å². The standard InChI is InChI=1S/C53H34N4O/c1-4-15-37(16-5-1)51-54-52(38-27-24-36(25-28-38)42-29-26-35-14-10-11-17-39(35)30-42)56-53(55-51)47-33-45(57(43-20-6-2-7-21-43)44-22-8-3-9-23-44)34-49-50(47)46-31-40-18-12-13-19-41(40)32-48(46)58-49/h1-34H. The van der Waals surface area contributed by atoms with Crippen LogP contribution in [-0.2, 0) is 0 Å². The molecule has 0 saturated carbocycles. The molecular formula is C53H34N4O. The van der Waals surface area contributed by atoms with Crippen LogP contribution in [0.3, 0.4) is 0 Å². The first-order valence-corrected chi connectivity index (χ1v) is 19.4. The van der Waals surface area contributed by atoms with Crippen LogP contribution in [0.1, 0.15) is 0 Å². The van der Waals surface area contributed by atoms with E-state index in [1.807, 2.05) is 42.5 Å². The summed E-state index contributed by atoms with van der Waals surface area (Å²) in [6.45, 7) is 0. The normalized spacial score (nSPS) is 11.4. The molecule has 0 atom stereocenters. The third kappa shape index (κ3) is 6.03. The van der Waals surface area contributed by atoms with Crippen LogP contribution >= 0.6 is 0 Å². The summed E-state index contributed by atoms with van der Waals surface area (Å²) in [4.78, 5) is 17.9. The minimum Gasteiger partial charge on any atom is -0.456 e. The quantitative estimate of drug-likeness (QED) is 0.163. The number of benzene rings is 9. The van der Waals surface area contributed by atoms with Crippen LogP contribution in [0.5, 0.6) is 0 Å². The molecule has 0 saturated heterocycles. The molecule has 0 radical (unpaired) electrons. The lowest BCUT2D eigenvalue weighted by Gasteiger charge is -2.26. The van der Waals surface area contributed by atoms with Crippen molar-refractivity contribution in [3.05, 3.63) is 206 Å². The van der Waals surface area contributed by atoms with E-state index in [2.05, 4.69) is 169 Å². The summed E-state index contributed by atoms with van der Waals surface area (Å²) in [6, 6.07) is 71.6. The van der Waals surface area contributed by atoms with Crippen molar-refractivity contribution in [2.24, 2.45) is 0 Å². The van der Waals surface area contributed by atoms with E-state index < -0.39 is 0 Å². The van der Waals surface area contributed by atoms with Crippen molar-refractivity contribution in [2.75, 3.05) is 4.90 Å². The topological polar surface area (TPSA) is 55.1 Å².